The maximum atomic E-state index is 13.4. The van der Waals surface area contributed by atoms with Crippen LogP contribution in [0.1, 0.15) is 5.56 Å². The minimum atomic E-state index is -3.84. The first-order valence-electron chi connectivity index (χ1n) is 5.64. The molecule has 0 spiro atoms. The minimum absolute atomic E-state index is 0.0240. The molecule has 0 saturated carbocycles. The van der Waals surface area contributed by atoms with Crippen LogP contribution in [0.3, 0.4) is 0 Å². The predicted molar refractivity (Wildman–Crippen MR) is 74.0 cm³/mol. The topological polar surface area (TPSA) is 97.1 Å². The Morgan fingerprint density at radius 2 is 2.05 bits per heavy atom. The third-order valence-electron chi connectivity index (χ3n) is 2.70. The van der Waals surface area contributed by atoms with Gasteiger partial charge in [-0.1, -0.05) is 6.07 Å². The number of sulfonamides is 1. The zero-order valence-electron chi connectivity index (χ0n) is 10.6. The fourth-order valence-corrected chi connectivity index (χ4v) is 2.71. The van der Waals surface area contributed by atoms with Crippen molar-refractivity contribution in [2.45, 2.75) is 11.8 Å². The summed E-state index contributed by atoms with van der Waals surface area (Å²) in [5.74, 6) is 4.91. The van der Waals surface area contributed by atoms with E-state index in [9.17, 15) is 12.8 Å². The van der Waals surface area contributed by atoms with Gasteiger partial charge in [-0.2, -0.15) is 0 Å². The molecule has 4 N–H and O–H groups in total. The lowest BCUT2D eigenvalue weighted by atomic mass is 10.2. The molecule has 1 aromatic carbocycles. The molecule has 0 saturated heterocycles. The van der Waals surface area contributed by atoms with Crippen molar-refractivity contribution < 1.29 is 12.8 Å². The quantitative estimate of drug-likeness (QED) is 0.588. The number of nitrogens with one attached hydrogen (secondary N) is 2. The monoisotopic (exact) mass is 296 g/mol. The van der Waals surface area contributed by atoms with Crippen molar-refractivity contribution in [1.82, 2.24) is 4.98 Å². The third-order valence-corrected chi connectivity index (χ3v) is 4.06. The van der Waals surface area contributed by atoms with Gasteiger partial charge in [0.25, 0.3) is 10.0 Å². The van der Waals surface area contributed by atoms with E-state index >= 15 is 0 Å². The summed E-state index contributed by atoms with van der Waals surface area (Å²) in [6.07, 6.45) is 1.31. The van der Waals surface area contributed by atoms with Crippen LogP contribution in [0.2, 0.25) is 0 Å². The van der Waals surface area contributed by atoms with Crippen molar-refractivity contribution in [2.75, 3.05) is 10.1 Å². The summed E-state index contributed by atoms with van der Waals surface area (Å²) in [4.78, 5) is 3.80. The van der Waals surface area contributed by atoms with Gasteiger partial charge < -0.3 is 5.43 Å². The van der Waals surface area contributed by atoms with Crippen molar-refractivity contribution in [3.63, 3.8) is 0 Å². The Morgan fingerprint density at radius 3 is 2.75 bits per heavy atom. The van der Waals surface area contributed by atoms with Crippen LogP contribution >= 0.6 is 0 Å². The fraction of sp³-hybridized carbons (Fsp3) is 0.0833. The number of nitrogens with two attached hydrogens (primary N) is 1. The van der Waals surface area contributed by atoms with Gasteiger partial charge in [-0.05, 0) is 25.1 Å². The van der Waals surface area contributed by atoms with Crippen molar-refractivity contribution in [1.29, 1.82) is 0 Å². The molecule has 6 nitrogen and oxygen atoms in total. The molecule has 0 aliphatic carbocycles. The molecule has 0 aliphatic rings. The second-order valence-corrected chi connectivity index (χ2v) is 5.72. The number of hydrazine groups is 1. The molecule has 2 rings (SSSR count). The van der Waals surface area contributed by atoms with E-state index in [2.05, 4.69) is 15.1 Å². The summed E-state index contributed by atoms with van der Waals surface area (Å²) in [6, 6.07) is 6.77. The molecule has 0 unspecified atom stereocenters. The van der Waals surface area contributed by atoms with Crippen molar-refractivity contribution in [3.8, 4) is 0 Å². The molecular weight excluding hydrogens is 283 g/mol. The molecule has 20 heavy (non-hydrogen) atoms. The standard InChI is InChI=1S/C12H13FN4O2S/c1-8-10(13)3-2-4-11(8)17-20(18,19)9-5-6-15-12(7-9)16-14/h2-7,17H,14H2,1H3,(H,15,16). The number of nitrogens with zero attached hydrogens (tertiary/aromatic N) is 1. The molecule has 2 aromatic rings. The van der Waals surface area contributed by atoms with Gasteiger partial charge in [0.05, 0.1) is 10.6 Å². The molecule has 0 atom stereocenters. The summed E-state index contributed by atoms with van der Waals surface area (Å²) >= 11 is 0. The number of aromatic nitrogens is 1. The van der Waals surface area contributed by atoms with Gasteiger partial charge in [-0.15, -0.1) is 0 Å². The van der Waals surface area contributed by atoms with Crippen LogP contribution in [0, 0.1) is 12.7 Å². The number of benzene rings is 1. The molecule has 0 aliphatic heterocycles. The number of pyridine rings is 1. The lowest BCUT2D eigenvalue weighted by Gasteiger charge is -2.11. The third kappa shape index (κ3) is 2.86. The van der Waals surface area contributed by atoms with Crippen LogP contribution in [-0.4, -0.2) is 13.4 Å². The zero-order valence-corrected chi connectivity index (χ0v) is 11.4. The van der Waals surface area contributed by atoms with Crippen LogP contribution in [0.5, 0.6) is 0 Å². The second-order valence-electron chi connectivity index (χ2n) is 4.04. The number of halogens is 1. The zero-order chi connectivity index (χ0) is 14.8. The van der Waals surface area contributed by atoms with Crippen LogP contribution in [0.25, 0.3) is 0 Å². The Hall–Kier alpha value is -2.19. The first-order chi connectivity index (χ1) is 9.44. The van der Waals surface area contributed by atoms with Gasteiger partial charge in [0.15, 0.2) is 0 Å². The lowest BCUT2D eigenvalue weighted by Crippen LogP contribution is -2.15. The Balaban J connectivity index is 2.38. The van der Waals surface area contributed by atoms with Crippen LogP contribution < -0.4 is 16.0 Å². The number of anilines is 2. The molecule has 8 heteroatoms. The van der Waals surface area contributed by atoms with Gasteiger partial charge in [-0.25, -0.2) is 23.6 Å². The van der Waals surface area contributed by atoms with E-state index in [4.69, 9.17) is 5.84 Å². The Morgan fingerprint density at radius 1 is 1.30 bits per heavy atom. The highest BCUT2D eigenvalue weighted by molar-refractivity contribution is 7.92. The molecule has 1 aromatic heterocycles. The summed E-state index contributed by atoms with van der Waals surface area (Å²) in [5, 5.41) is 0. The van der Waals surface area contributed by atoms with E-state index in [1.165, 1.54) is 43.5 Å². The maximum Gasteiger partial charge on any atom is 0.262 e. The molecule has 0 amide bonds. The van der Waals surface area contributed by atoms with Crippen molar-refractivity contribution >= 4 is 21.5 Å². The molecule has 1 heterocycles. The van der Waals surface area contributed by atoms with Crippen LogP contribution in [0.15, 0.2) is 41.4 Å². The van der Waals surface area contributed by atoms with Gasteiger partial charge in [0, 0.05) is 17.8 Å². The van der Waals surface area contributed by atoms with Crippen LogP contribution in [0.4, 0.5) is 15.9 Å². The Labute approximate surface area is 115 Å². The lowest BCUT2D eigenvalue weighted by molar-refractivity contribution is 0.600. The average Bonchev–Trinajstić information content (AvgIpc) is 2.44. The van der Waals surface area contributed by atoms with E-state index < -0.39 is 15.8 Å². The smallest absolute Gasteiger partial charge is 0.262 e. The van der Waals surface area contributed by atoms with Crippen LogP contribution in [-0.2, 0) is 10.0 Å². The number of nitrogen functional groups attached to an aromatic ring is 1. The van der Waals surface area contributed by atoms with E-state index in [1.807, 2.05) is 0 Å². The van der Waals surface area contributed by atoms with Gasteiger partial charge in [0.1, 0.15) is 11.6 Å². The average molecular weight is 296 g/mol. The highest BCUT2D eigenvalue weighted by Crippen LogP contribution is 2.22. The summed E-state index contributed by atoms with van der Waals surface area (Å²) in [7, 11) is -3.84. The van der Waals surface area contributed by atoms with Gasteiger partial charge in [-0.3, -0.25) is 4.72 Å². The Kier molecular flexibility index (Phi) is 3.86. The van der Waals surface area contributed by atoms with Gasteiger partial charge >= 0.3 is 0 Å². The first kappa shape index (κ1) is 14.2. The van der Waals surface area contributed by atoms with E-state index in [1.54, 1.807) is 0 Å². The summed E-state index contributed by atoms with van der Waals surface area (Å²) in [6.45, 7) is 1.49. The Bertz CT molecular complexity index is 734. The highest BCUT2D eigenvalue weighted by Gasteiger charge is 2.16. The fourth-order valence-electron chi connectivity index (χ4n) is 1.58. The SMILES string of the molecule is Cc1c(F)cccc1NS(=O)(=O)c1ccnc(NN)c1. The highest BCUT2D eigenvalue weighted by atomic mass is 32.2. The molecule has 0 fully saturated rings. The van der Waals surface area contributed by atoms with Crippen molar-refractivity contribution in [3.05, 3.63) is 47.9 Å². The first-order valence-corrected chi connectivity index (χ1v) is 7.13. The molecule has 0 bridgehead atoms. The summed E-state index contributed by atoms with van der Waals surface area (Å²) < 4.78 is 40.1. The van der Waals surface area contributed by atoms with E-state index in [0.29, 0.717) is 0 Å². The second kappa shape index (κ2) is 5.43. The largest absolute Gasteiger partial charge is 0.308 e. The van der Waals surface area contributed by atoms with E-state index in [0.717, 1.165) is 0 Å². The number of hydrogen-bond donors (Lipinski definition) is 3. The molecular formula is C12H13FN4O2S. The molecule has 106 valence electrons. The molecule has 0 radical (unpaired) electrons. The predicted octanol–water partition coefficient (Wildman–Crippen LogP) is 1.62. The minimum Gasteiger partial charge on any atom is -0.308 e. The number of rotatable bonds is 4. The van der Waals surface area contributed by atoms with E-state index in [-0.39, 0.29) is 22.0 Å². The van der Waals surface area contributed by atoms with Crippen molar-refractivity contribution in [2.24, 2.45) is 5.84 Å². The summed E-state index contributed by atoms with van der Waals surface area (Å²) in [5.41, 5.74) is 2.67. The van der Waals surface area contributed by atoms with Gasteiger partial charge in [0.2, 0.25) is 0 Å². The normalized spacial score (nSPS) is 11.2. The maximum absolute atomic E-state index is 13.4. The number of hydrogen-bond acceptors (Lipinski definition) is 5.